The predicted molar refractivity (Wildman–Crippen MR) is 63.4 cm³/mol. The first kappa shape index (κ1) is 11.4. The van der Waals surface area contributed by atoms with Gasteiger partial charge in [-0.3, -0.25) is 4.79 Å². The number of aromatic nitrogens is 4. The predicted octanol–water partition coefficient (Wildman–Crippen LogP) is 1.79. The summed E-state index contributed by atoms with van der Waals surface area (Å²) in [6.45, 7) is 7.17. The van der Waals surface area contributed by atoms with E-state index in [9.17, 15) is 4.79 Å². The van der Waals surface area contributed by atoms with Crippen LogP contribution in [-0.2, 0) is 0 Å². The first-order valence-electron chi connectivity index (χ1n) is 5.37. The van der Waals surface area contributed by atoms with Crippen LogP contribution < -0.4 is 0 Å². The van der Waals surface area contributed by atoms with E-state index in [-0.39, 0.29) is 5.78 Å². The summed E-state index contributed by atoms with van der Waals surface area (Å²) in [4.78, 5) is 20.0. The van der Waals surface area contributed by atoms with Crippen molar-refractivity contribution in [2.24, 2.45) is 0 Å². The highest BCUT2D eigenvalue weighted by atomic mass is 16.1. The molecular formula is C12H14N4O. The summed E-state index contributed by atoms with van der Waals surface area (Å²) in [5.41, 5.74) is 3.13. The van der Waals surface area contributed by atoms with E-state index in [4.69, 9.17) is 0 Å². The van der Waals surface area contributed by atoms with Crippen molar-refractivity contribution in [1.82, 2.24) is 19.7 Å². The second kappa shape index (κ2) is 4.08. The Balaban J connectivity index is 2.57. The van der Waals surface area contributed by atoms with Gasteiger partial charge < -0.3 is 0 Å². The van der Waals surface area contributed by atoms with Gasteiger partial charge in [0, 0.05) is 11.4 Å². The van der Waals surface area contributed by atoms with Crippen molar-refractivity contribution < 1.29 is 4.79 Å². The van der Waals surface area contributed by atoms with E-state index in [1.807, 2.05) is 26.8 Å². The van der Waals surface area contributed by atoms with E-state index < -0.39 is 0 Å². The van der Waals surface area contributed by atoms with Crippen LogP contribution in [0.15, 0.2) is 12.3 Å². The molecule has 5 heteroatoms. The Morgan fingerprint density at radius 2 is 1.76 bits per heavy atom. The Morgan fingerprint density at radius 3 is 2.24 bits per heavy atom. The molecule has 2 aromatic heterocycles. The molecule has 0 aliphatic heterocycles. The van der Waals surface area contributed by atoms with E-state index >= 15 is 0 Å². The van der Waals surface area contributed by atoms with Crippen LogP contribution in [0.2, 0.25) is 0 Å². The maximum Gasteiger partial charge on any atom is 0.251 e. The Hall–Kier alpha value is -2.04. The molecule has 0 aromatic carbocycles. The van der Waals surface area contributed by atoms with Crippen LogP contribution in [0.25, 0.3) is 5.95 Å². The van der Waals surface area contributed by atoms with Crippen LogP contribution in [0.4, 0.5) is 0 Å². The second-order valence-electron chi connectivity index (χ2n) is 4.06. The lowest BCUT2D eigenvalue weighted by Gasteiger charge is -2.05. The normalized spacial score (nSPS) is 10.6. The monoisotopic (exact) mass is 230 g/mol. The maximum absolute atomic E-state index is 11.4. The molecule has 0 N–H and O–H groups in total. The fraction of sp³-hybridized carbons (Fsp3) is 0.333. The van der Waals surface area contributed by atoms with Crippen molar-refractivity contribution in [3.8, 4) is 5.95 Å². The molecule has 0 aliphatic rings. The Kier molecular flexibility index (Phi) is 2.75. The van der Waals surface area contributed by atoms with Gasteiger partial charge in [-0.2, -0.15) is 5.10 Å². The summed E-state index contributed by atoms with van der Waals surface area (Å²) in [5, 5.41) is 4.16. The number of carbonyl (C=O) groups excluding carboxylic acids is 1. The number of nitrogens with zero attached hydrogens (tertiary/aromatic N) is 4. The van der Waals surface area contributed by atoms with Crippen molar-refractivity contribution in [3.05, 3.63) is 34.9 Å². The standard InChI is InChI=1S/C12H14N4O/c1-7-5-8(2)15-12(14-7)16-9(3)11(6-13-16)10(4)17/h5-6H,1-4H3. The molecule has 0 bridgehead atoms. The molecule has 0 spiro atoms. The van der Waals surface area contributed by atoms with E-state index in [0.29, 0.717) is 11.5 Å². The van der Waals surface area contributed by atoms with Crippen LogP contribution in [0.1, 0.15) is 34.4 Å². The zero-order valence-electron chi connectivity index (χ0n) is 10.4. The van der Waals surface area contributed by atoms with Gasteiger partial charge in [0.05, 0.1) is 17.5 Å². The summed E-state index contributed by atoms with van der Waals surface area (Å²) >= 11 is 0. The third-order valence-electron chi connectivity index (χ3n) is 2.55. The summed E-state index contributed by atoms with van der Waals surface area (Å²) in [7, 11) is 0. The number of hydrogen-bond donors (Lipinski definition) is 0. The van der Waals surface area contributed by atoms with Gasteiger partial charge >= 0.3 is 0 Å². The van der Waals surface area contributed by atoms with E-state index in [1.54, 1.807) is 10.9 Å². The van der Waals surface area contributed by atoms with Crippen LogP contribution in [0.3, 0.4) is 0 Å². The molecule has 0 saturated carbocycles. The third-order valence-corrected chi connectivity index (χ3v) is 2.55. The minimum Gasteiger partial charge on any atom is -0.294 e. The van der Waals surface area contributed by atoms with E-state index in [2.05, 4.69) is 15.1 Å². The highest BCUT2D eigenvalue weighted by molar-refractivity contribution is 5.94. The fourth-order valence-corrected chi connectivity index (χ4v) is 1.76. The van der Waals surface area contributed by atoms with Gasteiger partial charge in [-0.1, -0.05) is 0 Å². The average molecular weight is 230 g/mol. The number of Topliss-reactive ketones (excluding diaryl/α,β-unsaturated/α-hetero) is 1. The molecule has 2 heterocycles. The lowest BCUT2D eigenvalue weighted by atomic mass is 10.2. The summed E-state index contributed by atoms with van der Waals surface area (Å²) in [6, 6.07) is 1.90. The summed E-state index contributed by atoms with van der Waals surface area (Å²) < 4.78 is 1.59. The molecule has 0 amide bonds. The van der Waals surface area contributed by atoms with Gasteiger partial charge in [-0.25, -0.2) is 14.6 Å². The summed E-state index contributed by atoms with van der Waals surface area (Å²) in [5.74, 6) is 0.505. The molecule has 0 atom stereocenters. The first-order chi connectivity index (χ1) is 7.99. The van der Waals surface area contributed by atoms with Gasteiger partial charge in [0.1, 0.15) is 0 Å². The molecule has 5 nitrogen and oxygen atoms in total. The molecular weight excluding hydrogens is 216 g/mol. The van der Waals surface area contributed by atoms with Crippen LogP contribution in [0, 0.1) is 20.8 Å². The number of rotatable bonds is 2. The van der Waals surface area contributed by atoms with Crippen molar-refractivity contribution in [2.75, 3.05) is 0 Å². The zero-order valence-corrected chi connectivity index (χ0v) is 10.4. The minimum absolute atomic E-state index is 0.00174. The summed E-state index contributed by atoms with van der Waals surface area (Å²) in [6.07, 6.45) is 1.55. The van der Waals surface area contributed by atoms with Crippen molar-refractivity contribution in [2.45, 2.75) is 27.7 Å². The Bertz CT molecular complexity index is 566. The molecule has 88 valence electrons. The van der Waals surface area contributed by atoms with Crippen molar-refractivity contribution in [1.29, 1.82) is 0 Å². The van der Waals surface area contributed by atoms with E-state index in [1.165, 1.54) is 6.92 Å². The van der Waals surface area contributed by atoms with Crippen molar-refractivity contribution >= 4 is 5.78 Å². The second-order valence-corrected chi connectivity index (χ2v) is 4.06. The lowest BCUT2D eigenvalue weighted by Crippen LogP contribution is -2.07. The maximum atomic E-state index is 11.4. The lowest BCUT2D eigenvalue weighted by molar-refractivity contribution is 0.101. The van der Waals surface area contributed by atoms with Crippen LogP contribution in [-0.4, -0.2) is 25.5 Å². The number of ketones is 1. The van der Waals surface area contributed by atoms with Gasteiger partial charge in [0.25, 0.3) is 5.95 Å². The number of aryl methyl sites for hydroxylation is 2. The van der Waals surface area contributed by atoms with E-state index in [0.717, 1.165) is 17.1 Å². The van der Waals surface area contributed by atoms with Gasteiger partial charge in [0.15, 0.2) is 5.78 Å². The highest BCUT2D eigenvalue weighted by Gasteiger charge is 2.13. The van der Waals surface area contributed by atoms with Crippen LogP contribution >= 0.6 is 0 Å². The van der Waals surface area contributed by atoms with Gasteiger partial charge in [0.2, 0.25) is 0 Å². The third kappa shape index (κ3) is 2.08. The number of carbonyl (C=O) groups is 1. The minimum atomic E-state index is -0.00174. The average Bonchev–Trinajstić information content (AvgIpc) is 2.58. The molecule has 0 radical (unpaired) electrons. The molecule has 2 aromatic rings. The SMILES string of the molecule is CC(=O)c1cnn(-c2nc(C)cc(C)n2)c1C. The molecule has 0 aliphatic carbocycles. The smallest absolute Gasteiger partial charge is 0.251 e. The molecule has 0 fully saturated rings. The highest BCUT2D eigenvalue weighted by Crippen LogP contribution is 2.12. The first-order valence-corrected chi connectivity index (χ1v) is 5.37. The molecule has 0 unspecified atom stereocenters. The van der Waals surface area contributed by atoms with Crippen molar-refractivity contribution in [3.63, 3.8) is 0 Å². The molecule has 2 rings (SSSR count). The Morgan fingerprint density at radius 1 is 1.18 bits per heavy atom. The quantitative estimate of drug-likeness (QED) is 0.738. The zero-order chi connectivity index (χ0) is 12.6. The fourth-order valence-electron chi connectivity index (χ4n) is 1.76. The van der Waals surface area contributed by atoms with Gasteiger partial charge in [-0.15, -0.1) is 0 Å². The number of hydrogen-bond acceptors (Lipinski definition) is 4. The molecule has 17 heavy (non-hydrogen) atoms. The van der Waals surface area contributed by atoms with Crippen LogP contribution in [0.5, 0.6) is 0 Å². The topological polar surface area (TPSA) is 60.7 Å². The largest absolute Gasteiger partial charge is 0.294 e. The van der Waals surface area contributed by atoms with Gasteiger partial charge in [-0.05, 0) is 33.8 Å². The molecule has 0 saturated heterocycles. The Labute approximate surface area is 99.5 Å².